The quantitative estimate of drug-likeness (QED) is 0.0910. The summed E-state index contributed by atoms with van der Waals surface area (Å²) in [4.78, 5) is 72.7. The van der Waals surface area contributed by atoms with Crippen LogP contribution in [0.15, 0.2) is 0 Å². The summed E-state index contributed by atoms with van der Waals surface area (Å²) in [6, 6.07) is 0. The van der Waals surface area contributed by atoms with Crippen LogP contribution in [0.4, 0.5) is 22.7 Å². The molecule has 21 heteroatoms. The third-order valence-electron chi connectivity index (χ3n) is 6.43. The molecule has 0 spiro atoms. The number of benzene rings is 2. The maximum atomic E-state index is 12.9. The number of nitrogens with one attached hydrogen (secondary N) is 4. The summed E-state index contributed by atoms with van der Waals surface area (Å²) in [6.07, 6.45) is -0.542. The van der Waals surface area contributed by atoms with Crippen LogP contribution in [-0.2, 0) is 29.0 Å². The van der Waals surface area contributed by atoms with Gasteiger partial charge in [0, 0.05) is 38.8 Å². The maximum absolute atomic E-state index is 12.9. The third kappa shape index (κ3) is 12.9. The Bertz CT molecular complexity index is 1700. The molecule has 0 aliphatic rings. The fraction of sp³-hybridized carbons (Fsp3) is 0.357. The van der Waals surface area contributed by atoms with Gasteiger partial charge in [0.15, 0.2) is 9.84 Å². The molecule has 0 atom stereocenters. The number of carbonyl (C=O) groups is 6. The molecule has 49 heavy (non-hydrogen) atoms. The van der Waals surface area contributed by atoms with Gasteiger partial charge in [-0.1, -0.05) is 0 Å². The molecule has 0 aliphatic carbocycles. The van der Waals surface area contributed by atoms with E-state index in [1.807, 2.05) is 90.4 Å². The van der Waals surface area contributed by atoms with E-state index in [4.69, 9.17) is 0 Å². The van der Waals surface area contributed by atoms with Gasteiger partial charge in [-0.2, -0.15) is 0 Å². The van der Waals surface area contributed by atoms with Crippen LogP contribution in [-0.4, -0.2) is 78.5 Å². The Morgan fingerprint density at radius 3 is 1.12 bits per heavy atom. The highest BCUT2D eigenvalue weighted by Gasteiger charge is 2.27. The highest BCUT2D eigenvalue weighted by atomic mass is 127. The molecule has 0 heterocycles. The number of carboxylic acids is 2. The number of ketones is 2. The average molecular weight is 1370 g/mol. The molecule has 0 bridgehead atoms. The fourth-order valence-electron chi connectivity index (χ4n) is 3.96. The van der Waals surface area contributed by atoms with Crippen LogP contribution in [0.2, 0.25) is 0 Å². The van der Waals surface area contributed by atoms with Gasteiger partial charge in [0.2, 0.25) is 11.8 Å². The monoisotopic (exact) mass is 1370 g/mol. The Hall–Kier alpha value is -0.410. The van der Waals surface area contributed by atoms with E-state index in [1.165, 1.54) is 13.8 Å². The largest absolute Gasteiger partial charge is 0.478 e. The molecule has 0 fully saturated rings. The van der Waals surface area contributed by atoms with E-state index in [0.29, 0.717) is 25.7 Å². The van der Waals surface area contributed by atoms with Crippen LogP contribution in [0.1, 0.15) is 60.2 Å². The summed E-state index contributed by atoms with van der Waals surface area (Å²) in [5, 5.41) is 31.0. The van der Waals surface area contributed by atoms with Crippen LogP contribution in [0, 0.1) is 21.4 Å². The molecule has 268 valence electrons. The number of halogens is 6. The van der Waals surface area contributed by atoms with E-state index in [1.54, 1.807) is 45.2 Å². The Morgan fingerprint density at radius 1 is 0.531 bits per heavy atom. The lowest BCUT2D eigenvalue weighted by Gasteiger charge is -2.19. The smallest absolute Gasteiger partial charge is 0.338 e. The number of hydrogen-bond acceptors (Lipinski definition) is 10. The van der Waals surface area contributed by atoms with E-state index in [0.717, 1.165) is 0 Å². The average Bonchev–Trinajstić information content (AvgIpc) is 2.98. The summed E-state index contributed by atoms with van der Waals surface area (Å²) in [6.45, 7) is 3.33. The summed E-state index contributed by atoms with van der Waals surface area (Å²) in [5.41, 5.74) is 1.08. The molecule has 6 N–H and O–H groups in total. The minimum absolute atomic E-state index is 0.0623. The molecule has 0 radical (unpaired) electrons. The normalized spacial score (nSPS) is 11.1. The third-order valence-corrected chi connectivity index (χ3v) is 14.6. The number of carbonyl (C=O) groups excluding carboxylic acids is 4. The Kier molecular flexibility index (Phi) is 18.4. The number of rotatable bonds is 18. The summed E-state index contributed by atoms with van der Waals surface area (Å²) in [5.74, 6) is -5.16. The van der Waals surface area contributed by atoms with Crippen molar-refractivity contribution >= 4 is 203 Å². The number of anilines is 4. The van der Waals surface area contributed by atoms with Gasteiger partial charge >= 0.3 is 11.9 Å². The Labute approximate surface area is 363 Å². The van der Waals surface area contributed by atoms with E-state index >= 15 is 0 Å². The number of hydrogen-bond donors (Lipinski definition) is 6. The van der Waals surface area contributed by atoms with Crippen molar-refractivity contribution in [2.24, 2.45) is 0 Å². The molecule has 2 amide bonds. The van der Waals surface area contributed by atoms with Crippen molar-refractivity contribution in [1.29, 1.82) is 0 Å². The van der Waals surface area contributed by atoms with Crippen molar-refractivity contribution in [3.8, 4) is 0 Å². The van der Waals surface area contributed by atoms with Crippen molar-refractivity contribution in [2.45, 2.75) is 39.5 Å². The zero-order chi connectivity index (χ0) is 37.4. The fourth-order valence-corrected chi connectivity index (χ4v) is 13.7. The maximum Gasteiger partial charge on any atom is 0.338 e. The molecule has 0 aromatic heterocycles. The minimum atomic E-state index is -3.92. The topological polar surface area (TPSA) is 225 Å². The second-order valence-electron chi connectivity index (χ2n) is 10.2. The molecular formula is C28H28I6N4O10S. The van der Waals surface area contributed by atoms with Gasteiger partial charge in [0.05, 0.1) is 66.8 Å². The Balaban J connectivity index is 2.17. The predicted octanol–water partition coefficient (Wildman–Crippen LogP) is 6.26. The summed E-state index contributed by atoms with van der Waals surface area (Å²) >= 11 is 11.2. The first-order valence-electron chi connectivity index (χ1n) is 13.8. The first-order valence-corrected chi connectivity index (χ1v) is 22.1. The minimum Gasteiger partial charge on any atom is -0.478 e. The lowest BCUT2D eigenvalue weighted by molar-refractivity contribution is -0.117. The molecular weight excluding hydrogens is 1350 g/mol. The van der Waals surface area contributed by atoms with Crippen molar-refractivity contribution in [1.82, 2.24) is 0 Å². The highest BCUT2D eigenvalue weighted by molar-refractivity contribution is 14.1. The van der Waals surface area contributed by atoms with Crippen LogP contribution in [0.3, 0.4) is 0 Å². The van der Waals surface area contributed by atoms with Crippen LogP contribution in [0.25, 0.3) is 0 Å². The van der Waals surface area contributed by atoms with Gasteiger partial charge in [-0.3, -0.25) is 19.2 Å². The zero-order valence-corrected chi connectivity index (χ0v) is 39.3. The highest BCUT2D eigenvalue weighted by Crippen LogP contribution is 2.40. The number of aromatic carboxylic acids is 2. The van der Waals surface area contributed by atoms with Crippen molar-refractivity contribution in [3.05, 3.63) is 32.5 Å². The molecule has 0 unspecified atom stereocenters. The van der Waals surface area contributed by atoms with E-state index in [2.05, 4.69) is 21.3 Å². The lowest BCUT2D eigenvalue weighted by Crippen LogP contribution is -2.24. The van der Waals surface area contributed by atoms with Gasteiger partial charge in [0.1, 0.15) is 11.6 Å². The lowest BCUT2D eigenvalue weighted by atomic mass is 10.1. The predicted molar refractivity (Wildman–Crippen MR) is 236 cm³/mol. The number of Topliss-reactive ketones (excluding diaryl/α,β-unsaturated/α-hetero) is 2. The molecule has 0 saturated carbocycles. The van der Waals surface area contributed by atoms with Gasteiger partial charge in [-0.25, -0.2) is 18.0 Å². The first kappa shape index (κ1) is 44.7. The van der Waals surface area contributed by atoms with Crippen LogP contribution >= 0.6 is 136 Å². The Morgan fingerprint density at radius 2 is 0.837 bits per heavy atom. The van der Waals surface area contributed by atoms with E-state index in [-0.39, 0.29) is 67.1 Å². The standard InChI is InChI=1S/C28H28I6N4O10S/c1-11(39)3-7-35-23-17(29)15(27(43)44)19(31)25(21(23)33)37-13(41)5-9-49(47,48)10-6-14(42)38-26-20(32)16(28(45)46)18(30)24(22(26)34)36-8-4-12(2)40/h35-36H,3-10H2,1-2H3,(H,37,41)(H,38,42)(H,43,44)(H,45,46). The van der Waals surface area contributed by atoms with Gasteiger partial charge in [-0.05, 0) is 149 Å². The molecule has 2 rings (SSSR count). The summed E-state index contributed by atoms with van der Waals surface area (Å²) < 4.78 is 27.9. The first-order chi connectivity index (χ1) is 22.7. The number of sulfone groups is 1. The van der Waals surface area contributed by atoms with E-state index < -0.39 is 57.9 Å². The second kappa shape index (κ2) is 20.2. The van der Waals surface area contributed by atoms with Gasteiger partial charge in [-0.15, -0.1) is 0 Å². The van der Waals surface area contributed by atoms with Gasteiger partial charge < -0.3 is 31.5 Å². The van der Waals surface area contributed by atoms with Crippen molar-refractivity contribution < 1.29 is 47.4 Å². The zero-order valence-electron chi connectivity index (χ0n) is 25.5. The van der Waals surface area contributed by atoms with Crippen LogP contribution in [0.5, 0.6) is 0 Å². The SMILES string of the molecule is CC(=O)CCNc1c(I)c(NC(=O)CCS(=O)(=O)CCC(=O)Nc2c(I)c(NCCC(C)=O)c(I)c(C(=O)O)c2I)c(I)c(C(=O)O)c1I. The van der Waals surface area contributed by atoms with Crippen LogP contribution < -0.4 is 21.3 Å². The summed E-state index contributed by atoms with van der Waals surface area (Å²) in [7, 11) is -3.92. The molecule has 0 saturated heterocycles. The van der Waals surface area contributed by atoms with E-state index in [9.17, 15) is 47.4 Å². The van der Waals surface area contributed by atoms with Crippen molar-refractivity contribution in [2.75, 3.05) is 45.9 Å². The van der Waals surface area contributed by atoms with Gasteiger partial charge in [0.25, 0.3) is 0 Å². The molecule has 14 nitrogen and oxygen atoms in total. The molecule has 2 aromatic carbocycles. The molecule has 2 aromatic rings. The number of carboxylic acid groups (broad SMARTS) is 2. The second-order valence-corrected chi connectivity index (χ2v) is 19.0. The number of amides is 2. The van der Waals surface area contributed by atoms with Crippen molar-refractivity contribution in [3.63, 3.8) is 0 Å². The molecule has 0 aliphatic heterocycles.